The van der Waals surface area contributed by atoms with Crippen LogP contribution in [0.25, 0.3) is 0 Å². The van der Waals surface area contributed by atoms with E-state index in [2.05, 4.69) is 15.3 Å². The largest absolute Gasteiger partial charge is 0.497 e. The van der Waals surface area contributed by atoms with E-state index in [-0.39, 0.29) is 0 Å². The first-order chi connectivity index (χ1) is 15.4. The molecule has 2 aromatic heterocycles. The van der Waals surface area contributed by atoms with Gasteiger partial charge in [-0.1, -0.05) is 6.92 Å². The molecular weight excluding hydrogens is 446 g/mol. The quantitative estimate of drug-likeness (QED) is 0.560. The van der Waals surface area contributed by atoms with Gasteiger partial charge in [-0.05, 0) is 49.7 Å². The van der Waals surface area contributed by atoms with Crippen LogP contribution in [0.15, 0.2) is 46.7 Å². The molecule has 0 bridgehead atoms. The van der Waals surface area contributed by atoms with E-state index in [1.165, 1.54) is 11.3 Å². The van der Waals surface area contributed by atoms with Gasteiger partial charge in [0, 0.05) is 48.5 Å². The van der Waals surface area contributed by atoms with Gasteiger partial charge in [0.05, 0.1) is 7.11 Å². The van der Waals surface area contributed by atoms with Crippen LogP contribution in [0.1, 0.15) is 17.5 Å². The first-order valence-electron chi connectivity index (χ1n) is 10.5. The van der Waals surface area contributed by atoms with E-state index >= 15 is 0 Å². The average Bonchev–Trinajstić information content (AvgIpc) is 3.30. The molecule has 0 saturated carbocycles. The topological polar surface area (TPSA) is 87.7 Å². The highest BCUT2D eigenvalue weighted by Crippen LogP contribution is 2.27. The third kappa shape index (κ3) is 4.87. The monoisotopic (exact) mass is 473 g/mol. The Morgan fingerprint density at radius 3 is 2.41 bits per heavy atom. The highest BCUT2D eigenvalue weighted by Gasteiger charge is 2.30. The standard InChI is InChI=1S/C22H27N5O3S2/c1-4-19-9-10-21(31-19)32(28,29)27-13-11-26(12-14-27)22-23-16(2)15-20(25-22)24-17-5-7-18(30-3)8-6-17/h5-10,15H,4,11-14H2,1-3H3,(H,23,24,25). The number of aryl methyl sites for hydroxylation is 2. The van der Waals surface area contributed by atoms with E-state index in [9.17, 15) is 8.42 Å². The van der Waals surface area contributed by atoms with Crippen molar-refractivity contribution in [3.8, 4) is 5.75 Å². The SMILES string of the molecule is CCc1ccc(S(=O)(=O)N2CCN(c3nc(C)cc(Nc4ccc(OC)cc4)n3)CC2)s1. The number of sulfonamides is 1. The van der Waals surface area contributed by atoms with E-state index in [0.29, 0.717) is 42.2 Å². The Kier molecular flexibility index (Phi) is 6.63. The lowest BCUT2D eigenvalue weighted by Crippen LogP contribution is -2.49. The van der Waals surface area contributed by atoms with Crippen molar-refractivity contribution in [3.05, 3.63) is 53.0 Å². The van der Waals surface area contributed by atoms with Crippen molar-refractivity contribution in [2.75, 3.05) is 43.5 Å². The molecule has 8 nitrogen and oxygen atoms in total. The fourth-order valence-corrected chi connectivity index (χ4v) is 6.40. The molecule has 1 aliphatic rings. The van der Waals surface area contributed by atoms with Gasteiger partial charge in [0.15, 0.2) is 0 Å². The minimum atomic E-state index is -3.46. The van der Waals surface area contributed by atoms with Crippen molar-refractivity contribution in [2.45, 2.75) is 24.5 Å². The maximum Gasteiger partial charge on any atom is 0.252 e. The second kappa shape index (κ2) is 9.43. The van der Waals surface area contributed by atoms with Crippen LogP contribution in [0.4, 0.5) is 17.5 Å². The summed E-state index contributed by atoms with van der Waals surface area (Å²) in [4.78, 5) is 12.3. The van der Waals surface area contributed by atoms with Gasteiger partial charge in [-0.15, -0.1) is 11.3 Å². The van der Waals surface area contributed by atoms with E-state index in [1.54, 1.807) is 17.5 Å². The number of anilines is 3. The summed E-state index contributed by atoms with van der Waals surface area (Å²) in [5, 5.41) is 3.30. The molecule has 32 heavy (non-hydrogen) atoms. The first kappa shape index (κ1) is 22.5. The zero-order valence-electron chi connectivity index (χ0n) is 18.4. The van der Waals surface area contributed by atoms with Gasteiger partial charge in [-0.3, -0.25) is 0 Å². The number of hydrogen-bond donors (Lipinski definition) is 1. The predicted octanol–water partition coefficient (Wildman–Crippen LogP) is 3.67. The van der Waals surface area contributed by atoms with Crippen molar-refractivity contribution in [1.82, 2.24) is 14.3 Å². The Bertz CT molecular complexity index is 1170. The number of ether oxygens (including phenoxy) is 1. The fourth-order valence-electron chi connectivity index (χ4n) is 3.52. The van der Waals surface area contributed by atoms with Gasteiger partial charge in [0.1, 0.15) is 15.8 Å². The molecule has 170 valence electrons. The number of methoxy groups -OCH3 is 1. The number of nitrogens with one attached hydrogen (secondary N) is 1. The maximum absolute atomic E-state index is 13.0. The number of benzene rings is 1. The minimum Gasteiger partial charge on any atom is -0.497 e. The highest BCUT2D eigenvalue weighted by molar-refractivity contribution is 7.91. The second-order valence-corrected chi connectivity index (χ2v) is 10.8. The Hall–Kier alpha value is -2.69. The number of nitrogens with zero attached hydrogens (tertiary/aromatic N) is 4. The van der Waals surface area contributed by atoms with Crippen LogP contribution < -0.4 is 15.0 Å². The average molecular weight is 474 g/mol. The lowest BCUT2D eigenvalue weighted by atomic mass is 10.3. The number of hydrogen-bond acceptors (Lipinski definition) is 8. The van der Waals surface area contributed by atoms with Gasteiger partial charge in [-0.2, -0.15) is 9.29 Å². The molecular formula is C22H27N5O3S2. The van der Waals surface area contributed by atoms with Crippen LogP contribution in [0.2, 0.25) is 0 Å². The molecule has 4 rings (SSSR count). The molecule has 0 aliphatic carbocycles. The summed E-state index contributed by atoms with van der Waals surface area (Å²) >= 11 is 1.35. The lowest BCUT2D eigenvalue weighted by molar-refractivity contribution is 0.383. The van der Waals surface area contributed by atoms with Gasteiger partial charge in [0.25, 0.3) is 10.0 Å². The second-order valence-electron chi connectivity index (χ2n) is 7.51. The summed E-state index contributed by atoms with van der Waals surface area (Å²) in [6.07, 6.45) is 0.839. The molecule has 0 radical (unpaired) electrons. The Balaban J connectivity index is 1.45. The number of aromatic nitrogens is 2. The molecule has 1 aromatic carbocycles. The third-order valence-electron chi connectivity index (χ3n) is 5.31. The van der Waals surface area contributed by atoms with Crippen LogP contribution in [0, 0.1) is 6.92 Å². The van der Waals surface area contributed by atoms with Gasteiger partial charge < -0.3 is 15.0 Å². The van der Waals surface area contributed by atoms with Gasteiger partial charge in [-0.25, -0.2) is 13.4 Å². The molecule has 0 unspecified atom stereocenters. The molecule has 0 spiro atoms. The third-order valence-corrected chi connectivity index (χ3v) is 8.90. The molecule has 3 aromatic rings. The summed E-state index contributed by atoms with van der Waals surface area (Å²) in [7, 11) is -1.82. The molecule has 0 atom stereocenters. The first-order valence-corrected chi connectivity index (χ1v) is 12.8. The van der Waals surface area contributed by atoms with Crippen LogP contribution >= 0.6 is 11.3 Å². The van der Waals surface area contributed by atoms with Crippen molar-refractivity contribution in [3.63, 3.8) is 0 Å². The molecule has 1 aliphatic heterocycles. The lowest BCUT2D eigenvalue weighted by Gasteiger charge is -2.33. The van der Waals surface area contributed by atoms with Gasteiger partial charge in [0.2, 0.25) is 5.95 Å². The minimum absolute atomic E-state index is 0.403. The summed E-state index contributed by atoms with van der Waals surface area (Å²) in [5.41, 5.74) is 1.74. The van der Waals surface area contributed by atoms with E-state index in [1.807, 2.05) is 55.1 Å². The zero-order chi connectivity index (χ0) is 22.7. The van der Waals surface area contributed by atoms with Crippen molar-refractivity contribution in [2.24, 2.45) is 0 Å². The fraction of sp³-hybridized carbons (Fsp3) is 0.364. The Morgan fingerprint density at radius 1 is 1.06 bits per heavy atom. The number of thiophene rings is 1. The molecule has 0 amide bonds. The Labute approximate surface area is 192 Å². The van der Waals surface area contributed by atoms with Gasteiger partial charge >= 0.3 is 0 Å². The molecule has 1 fully saturated rings. The summed E-state index contributed by atoms with van der Waals surface area (Å²) in [6, 6.07) is 13.1. The summed E-state index contributed by atoms with van der Waals surface area (Å²) in [5.74, 6) is 2.08. The smallest absolute Gasteiger partial charge is 0.252 e. The zero-order valence-corrected chi connectivity index (χ0v) is 20.0. The van der Waals surface area contributed by atoms with Crippen molar-refractivity contribution in [1.29, 1.82) is 0 Å². The summed E-state index contributed by atoms with van der Waals surface area (Å²) < 4.78 is 33.1. The predicted molar refractivity (Wildman–Crippen MR) is 128 cm³/mol. The molecule has 10 heteroatoms. The van der Waals surface area contributed by atoms with Crippen molar-refractivity contribution >= 4 is 38.8 Å². The maximum atomic E-state index is 13.0. The molecule has 3 heterocycles. The van der Waals surface area contributed by atoms with Crippen LogP contribution in [-0.4, -0.2) is 56.0 Å². The van der Waals surface area contributed by atoms with E-state index in [0.717, 1.165) is 28.4 Å². The van der Waals surface area contributed by atoms with Crippen LogP contribution in [0.3, 0.4) is 0 Å². The molecule has 1 N–H and O–H groups in total. The number of piperazine rings is 1. The van der Waals surface area contributed by atoms with E-state index in [4.69, 9.17) is 4.74 Å². The normalized spacial score (nSPS) is 15.0. The molecule has 1 saturated heterocycles. The number of rotatable bonds is 7. The highest BCUT2D eigenvalue weighted by atomic mass is 32.2. The summed E-state index contributed by atoms with van der Waals surface area (Å²) in [6.45, 7) is 5.83. The Morgan fingerprint density at radius 2 is 1.78 bits per heavy atom. The van der Waals surface area contributed by atoms with Crippen LogP contribution in [0.5, 0.6) is 5.75 Å². The van der Waals surface area contributed by atoms with E-state index < -0.39 is 10.0 Å². The van der Waals surface area contributed by atoms with Crippen molar-refractivity contribution < 1.29 is 13.2 Å². The van der Waals surface area contributed by atoms with Crippen LogP contribution in [-0.2, 0) is 16.4 Å².